The van der Waals surface area contributed by atoms with E-state index in [4.69, 9.17) is 4.74 Å². The van der Waals surface area contributed by atoms with E-state index in [1.165, 1.54) is 15.3 Å². The van der Waals surface area contributed by atoms with Gasteiger partial charge in [0.05, 0.1) is 12.6 Å². The first-order chi connectivity index (χ1) is 10.2. The Bertz CT molecular complexity index is 582. The van der Waals surface area contributed by atoms with Crippen LogP contribution in [-0.4, -0.2) is 13.2 Å². The summed E-state index contributed by atoms with van der Waals surface area (Å²) in [4.78, 5) is 2.76. The molecular formula is C17H22BrNOS. The first-order valence-corrected chi connectivity index (χ1v) is 9.04. The van der Waals surface area contributed by atoms with Crippen LogP contribution in [0.3, 0.4) is 0 Å². The van der Waals surface area contributed by atoms with E-state index in [-0.39, 0.29) is 6.04 Å². The molecule has 1 aromatic heterocycles. The molecule has 0 aliphatic rings. The lowest BCUT2D eigenvalue weighted by atomic mass is 10.0. The molecule has 0 radical (unpaired) electrons. The summed E-state index contributed by atoms with van der Waals surface area (Å²) in [6, 6.07) is 10.9. The Morgan fingerprint density at radius 2 is 2.00 bits per heavy atom. The molecule has 1 N–H and O–H groups in total. The van der Waals surface area contributed by atoms with Crippen LogP contribution in [0.2, 0.25) is 0 Å². The minimum atomic E-state index is 0.180. The third kappa shape index (κ3) is 4.09. The monoisotopic (exact) mass is 367 g/mol. The molecular weight excluding hydrogens is 346 g/mol. The number of aryl methyl sites for hydroxylation is 1. The summed E-state index contributed by atoms with van der Waals surface area (Å²) in [6.07, 6.45) is 1.08. The van der Waals surface area contributed by atoms with Crippen LogP contribution in [0, 0.1) is 0 Å². The van der Waals surface area contributed by atoms with E-state index in [0.717, 1.165) is 23.2 Å². The normalized spacial score (nSPS) is 12.4. The number of nitrogens with one attached hydrogen (secondary N) is 1. The molecule has 0 aliphatic heterocycles. The zero-order valence-corrected chi connectivity index (χ0v) is 15.2. The van der Waals surface area contributed by atoms with Crippen LogP contribution >= 0.6 is 27.3 Å². The van der Waals surface area contributed by atoms with E-state index in [1.54, 1.807) is 0 Å². The van der Waals surface area contributed by atoms with Crippen molar-refractivity contribution < 1.29 is 4.74 Å². The van der Waals surface area contributed by atoms with Gasteiger partial charge in [0.25, 0.3) is 0 Å². The molecule has 0 spiro atoms. The second kappa shape index (κ2) is 7.97. The largest absolute Gasteiger partial charge is 0.494 e. The third-order valence-corrected chi connectivity index (χ3v) is 5.09. The molecule has 0 fully saturated rings. The maximum Gasteiger partial charge on any atom is 0.124 e. The second-order valence-corrected chi connectivity index (χ2v) is 6.88. The SMILES string of the molecule is CCNC(c1ccc(CC)s1)c1cc(Br)ccc1OCC. The number of hydrogen-bond donors (Lipinski definition) is 1. The lowest BCUT2D eigenvalue weighted by Crippen LogP contribution is -2.21. The van der Waals surface area contributed by atoms with Crippen molar-refractivity contribution in [3.63, 3.8) is 0 Å². The molecule has 0 aliphatic carbocycles. The van der Waals surface area contributed by atoms with E-state index in [1.807, 2.05) is 30.4 Å². The molecule has 0 saturated carbocycles. The van der Waals surface area contributed by atoms with Crippen molar-refractivity contribution in [3.8, 4) is 5.75 Å². The molecule has 0 saturated heterocycles. The lowest BCUT2D eigenvalue weighted by molar-refractivity contribution is 0.333. The highest BCUT2D eigenvalue weighted by atomic mass is 79.9. The maximum absolute atomic E-state index is 5.82. The van der Waals surface area contributed by atoms with Gasteiger partial charge in [-0.15, -0.1) is 11.3 Å². The summed E-state index contributed by atoms with van der Waals surface area (Å²) in [5, 5.41) is 3.59. The zero-order valence-electron chi connectivity index (χ0n) is 12.8. The number of thiophene rings is 1. The van der Waals surface area contributed by atoms with Crippen molar-refractivity contribution >= 4 is 27.3 Å². The van der Waals surface area contributed by atoms with Crippen LogP contribution in [-0.2, 0) is 6.42 Å². The minimum absolute atomic E-state index is 0.180. The Morgan fingerprint density at radius 1 is 1.19 bits per heavy atom. The van der Waals surface area contributed by atoms with Crippen LogP contribution in [0.15, 0.2) is 34.8 Å². The van der Waals surface area contributed by atoms with Crippen LogP contribution < -0.4 is 10.1 Å². The Morgan fingerprint density at radius 3 is 2.62 bits per heavy atom. The van der Waals surface area contributed by atoms with Gasteiger partial charge in [-0.05, 0) is 50.2 Å². The average molecular weight is 368 g/mol. The predicted octanol–water partition coefficient (Wildman–Crippen LogP) is 5.17. The van der Waals surface area contributed by atoms with E-state index in [2.05, 4.69) is 53.3 Å². The summed E-state index contributed by atoms with van der Waals surface area (Å²) in [5.41, 5.74) is 1.19. The summed E-state index contributed by atoms with van der Waals surface area (Å²) >= 11 is 5.45. The van der Waals surface area contributed by atoms with Crippen LogP contribution in [0.1, 0.15) is 42.1 Å². The summed E-state index contributed by atoms with van der Waals surface area (Å²) in [6.45, 7) is 7.96. The minimum Gasteiger partial charge on any atom is -0.494 e. The first kappa shape index (κ1) is 16.5. The lowest BCUT2D eigenvalue weighted by Gasteiger charge is -2.20. The van der Waals surface area contributed by atoms with Crippen molar-refractivity contribution in [1.82, 2.24) is 5.32 Å². The average Bonchev–Trinajstić information content (AvgIpc) is 2.95. The van der Waals surface area contributed by atoms with Gasteiger partial charge in [-0.25, -0.2) is 0 Å². The van der Waals surface area contributed by atoms with Gasteiger partial charge in [0, 0.05) is 19.8 Å². The Hall–Kier alpha value is -0.840. The molecule has 21 heavy (non-hydrogen) atoms. The van der Waals surface area contributed by atoms with E-state index < -0.39 is 0 Å². The van der Waals surface area contributed by atoms with Crippen LogP contribution in [0.4, 0.5) is 0 Å². The molecule has 1 aromatic carbocycles. The van der Waals surface area contributed by atoms with E-state index in [9.17, 15) is 0 Å². The summed E-state index contributed by atoms with van der Waals surface area (Å²) < 4.78 is 6.90. The van der Waals surface area contributed by atoms with Gasteiger partial charge in [-0.1, -0.05) is 29.8 Å². The molecule has 2 aromatic rings. The fourth-order valence-corrected chi connectivity index (χ4v) is 3.77. The van der Waals surface area contributed by atoms with Crippen molar-refractivity contribution in [1.29, 1.82) is 0 Å². The Balaban J connectivity index is 2.43. The second-order valence-electron chi connectivity index (χ2n) is 4.76. The van der Waals surface area contributed by atoms with Gasteiger partial charge in [0.2, 0.25) is 0 Å². The van der Waals surface area contributed by atoms with Crippen molar-refractivity contribution in [2.24, 2.45) is 0 Å². The molecule has 2 nitrogen and oxygen atoms in total. The molecule has 1 heterocycles. The summed E-state index contributed by atoms with van der Waals surface area (Å²) in [7, 11) is 0. The Kier molecular flexibility index (Phi) is 6.27. The van der Waals surface area contributed by atoms with Gasteiger partial charge in [-0.2, -0.15) is 0 Å². The van der Waals surface area contributed by atoms with E-state index >= 15 is 0 Å². The molecule has 2 rings (SSSR count). The highest BCUT2D eigenvalue weighted by molar-refractivity contribution is 9.10. The smallest absolute Gasteiger partial charge is 0.124 e. The van der Waals surface area contributed by atoms with Crippen LogP contribution in [0.25, 0.3) is 0 Å². The molecule has 114 valence electrons. The van der Waals surface area contributed by atoms with Gasteiger partial charge in [0.1, 0.15) is 5.75 Å². The van der Waals surface area contributed by atoms with Crippen molar-refractivity contribution in [2.75, 3.05) is 13.2 Å². The zero-order chi connectivity index (χ0) is 15.2. The molecule has 1 unspecified atom stereocenters. The quantitative estimate of drug-likeness (QED) is 0.728. The molecule has 0 bridgehead atoms. The van der Waals surface area contributed by atoms with Crippen LogP contribution in [0.5, 0.6) is 5.75 Å². The van der Waals surface area contributed by atoms with Crippen molar-refractivity contribution in [3.05, 3.63) is 50.1 Å². The Labute approximate surface area is 139 Å². The number of benzene rings is 1. The molecule has 4 heteroatoms. The topological polar surface area (TPSA) is 21.3 Å². The number of rotatable bonds is 7. The highest BCUT2D eigenvalue weighted by Gasteiger charge is 2.19. The van der Waals surface area contributed by atoms with Gasteiger partial charge >= 0.3 is 0 Å². The van der Waals surface area contributed by atoms with Gasteiger partial charge < -0.3 is 10.1 Å². The number of ether oxygens (including phenoxy) is 1. The highest BCUT2D eigenvalue weighted by Crippen LogP contribution is 2.35. The van der Waals surface area contributed by atoms with Crippen molar-refractivity contribution in [2.45, 2.75) is 33.2 Å². The predicted molar refractivity (Wildman–Crippen MR) is 94.5 cm³/mol. The van der Waals surface area contributed by atoms with Gasteiger partial charge in [-0.3, -0.25) is 0 Å². The maximum atomic E-state index is 5.82. The standard InChI is InChI=1S/C17H22BrNOS/c1-4-13-8-10-16(21-13)17(19-5-2)14-11-12(18)7-9-15(14)20-6-3/h7-11,17,19H,4-6H2,1-3H3. The first-order valence-electron chi connectivity index (χ1n) is 7.43. The number of hydrogen-bond acceptors (Lipinski definition) is 3. The fourth-order valence-electron chi connectivity index (χ4n) is 2.34. The van der Waals surface area contributed by atoms with Gasteiger partial charge in [0.15, 0.2) is 0 Å². The molecule has 1 atom stereocenters. The number of halogens is 1. The fraction of sp³-hybridized carbons (Fsp3) is 0.412. The third-order valence-electron chi connectivity index (χ3n) is 3.31. The molecule has 0 amide bonds. The van der Waals surface area contributed by atoms with E-state index in [0.29, 0.717) is 6.61 Å². The summed E-state index contributed by atoms with van der Waals surface area (Å²) in [5.74, 6) is 0.957.